The second-order valence-electron chi connectivity index (χ2n) is 7.13. The van der Waals surface area contributed by atoms with Gasteiger partial charge in [0.05, 0.1) is 12.4 Å². The van der Waals surface area contributed by atoms with Crippen molar-refractivity contribution in [1.82, 2.24) is 10.6 Å². The summed E-state index contributed by atoms with van der Waals surface area (Å²) in [5.74, 6) is 0.0812. The van der Waals surface area contributed by atoms with Crippen molar-refractivity contribution in [2.45, 2.75) is 52.3 Å². The molecule has 26 heavy (non-hydrogen) atoms. The van der Waals surface area contributed by atoms with Crippen molar-refractivity contribution in [2.24, 2.45) is 10.9 Å². The minimum absolute atomic E-state index is 0.153. The van der Waals surface area contributed by atoms with Gasteiger partial charge in [-0.25, -0.2) is 4.79 Å². The van der Waals surface area contributed by atoms with Gasteiger partial charge in [0.15, 0.2) is 5.78 Å². The van der Waals surface area contributed by atoms with E-state index in [1.165, 1.54) is 6.34 Å². The summed E-state index contributed by atoms with van der Waals surface area (Å²) in [6, 6.07) is 8.75. The fourth-order valence-electron chi connectivity index (χ4n) is 2.87. The Morgan fingerprint density at radius 1 is 1.27 bits per heavy atom. The number of ether oxygens (including phenoxy) is 1. The zero-order chi connectivity index (χ0) is 19.2. The monoisotopic (exact) mass is 357 g/mol. The number of amides is 1. The topological polar surface area (TPSA) is 79.8 Å². The van der Waals surface area contributed by atoms with Gasteiger partial charge in [0, 0.05) is 5.70 Å². The Balaban J connectivity index is 2.04. The highest BCUT2D eigenvalue weighted by atomic mass is 16.5. The van der Waals surface area contributed by atoms with Gasteiger partial charge in [0.25, 0.3) is 0 Å². The number of carbonyl (C=O) groups is 2. The van der Waals surface area contributed by atoms with E-state index in [4.69, 9.17) is 4.74 Å². The Labute approximate surface area is 154 Å². The Hall–Kier alpha value is -2.63. The average molecular weight is 357 g/mol. The lowest BCUT2D eigenvalue weighted by molar-refractivity contribution is -0.124. The van der Waals surface area contributed by atoms with Gasteiger partial charge in [-0.05, 0) is 37.8 Å². The smallest absolute Gasteiger partial charge is 0.408 e. The summed E-state index contributed by atoms with van der Waals surface area (Å²) in [5, 5.41) is 5.68. The average Bonchev–Trinajstić information content (AvgIpc) is 2.59. The molecule has 0 bridgehead atoms. The number of ketones is 1. The molecule has 1 heterocycles. The van der Waals surface area contributed by atoms with Crippen molar-refractivity contribution in [3.8, 4) is 0 Å². The second kappa shape index (κ2) is 8.65. The maximum Gasteiger partial charge on any atom is 0.408 e. The van der Waals surface area contributed by atoms with Crippen LogP contribution in [0, 0.1) is 5.92 Å². The third-order valence-corrected chi connectivity index (χ3v) is 4.15. The predicted octanol–water partition coefficient (Wildman–Crippen LogP) is 3.19. The molecule has 1 amide bonds. The van der Waals surface area contributed by atoms with Gasteiger partial charge in [-0.3, -0.25) is 9.79 Å². The van der Waals surface area contributed by atoms with Crippen LogP contribution in [0.4, 0.5) is 4.79 Å². The van der Waals surface area contributed by atoms with Crippen molar-refractivity contribution < 1.29 is 14.3 Å². The number of Topliss-reactive ketones (excluding diaryl/α,β-unsaturated/α-hetero) is 1. The molecule has 0 aromatic heterocycles. The van der Waals surface area contributed by atoms with Crippen molar-refractivity contribution in [2.75, 3.05) is 0 Å². The zero-order valence-electron chi connectivity index (χ0n) is 15.8. The van der Waals surface area contributed by atoms with Gasteiger partial charge in [-0.2, -0.15) is 0 Å². The van der Waals surface area contributed by atoms with E-state index in [1.807, 2.05) is 51.1 Å². The molecule has 6 nitrogen and oxygen atoms in total. The number of hydrogen-bond donors (Lipinski definition) is 2. The highest BCUT2D eigenvalue weighted by molar-refractivity contribution is 5.98. The molecule has 0 aliphatic carbocycles. The first-order valence-electron chi connectivity index (χ1n) is 8.81. The number of nitrogens with one attached hydrogen (secondary N) is 2. The van der Waals surface area contributed by atoms with Crippen LogP contribution >= 0.6 is 0 Å². The van der Waals surface area contributed by atoms with Crippen LogP contribution in [0.5, 0.6) is 0 Å². The van der Waals surface area contributed by atoms with Crippen molar-refractivity contribution in [3.05, 3.63) is 47.7 Å². The molecule has 0 saturated carbocycles. The van der Waals surface area contributed by atoms with Gasteiger partial charge >= 0.3 is 6.09 Å². The van der Waals surface area contributed by atoms with Crippen LogP contribution in [-0.2, 0) is 16.1 Å². The summed E-state index contributed by atoms with van der Waals surface area (Å²) in [6.45, 7) is 7.79. The van der Waals surface area contributed by atoms with Gasteiger partial charge < -0.3 is 15.4 Å². The van der Waals surface area contributed by atoms with Crippen molar-refractivity contribution in [1.29, 1.82) is 0 Å². The fourth-order valence-corrected chi connectivity index (χ4v) is 2.87. The summed E-state index contributed by atoms with van der Waals surface area (Å²) in [4.78, 5) is 29.6. The molecular weight excluding hydrogens is 330 g/mol. The SMILES string of the molecule is CC1=CC(C)(C(=O)[C@H](CC(C)C)NC(=O)OCc2ccccc2)N=CN1. The third kappa shape index (κ3) is 5.44. The fraction of sp³-hybridized carbons (Fsp3) is 0.450. The standard InChI is InChI=1S/C20H27N3O3/c1-14(2)10-17(18(24)20(4)11-15(3)21-13-22-20)23-19(25)26-12-16-8-6-5-7-9-16/h5-9,11,13-14,17H,10,12H2,1-4H3,(H,21,22)(H,23,25)/t17-,20?/m0/s1. The zero-order valence-corrected chi connectivity index (χ0v) is 15.8. The van der Waals surface area contributed by atoms with E-state index in [-0.39, 0.29) is 18.3 Å². The van der Waals surface area contributed by atoms with Crippen LogP contribution in [-0.4, -0.2) is 29.8 Å². The molecule has 1 aromatic rings. The molecular formula is C20H27N3O3. The molecule has 140 valence electrons. The number of nitrogens with zero attached hydrogens (tertiary/aromatic N) is 1. The summed E-state index contributed by atoms with van der Waals surface area (Å²) < 4.78 is 5.26. The molecule has 0 spiro atoms. The van der Waals surface area contributed by atoms with Crippen LogP contribution in [0.15, 0.2) is 47.1 Å². The Kier molecular flexibility index (Phi) is 6.55. The van der Waals surface area contributed by atoms with E-state index in [9.17, 15) is 9.59 Å². The largest absolute Gasteiger partial charge is 0.445 e. The van der Waals surface area contributed by atoms with E-state index >= 15 is 0 Å². The van der Waals surface area contributed by atoms with Gasteiger partial charge in [0.1, 0.15) is 12.1 Å². The molecule has 2 rings (SSSR count). The first-order chi connectivity index (χ1) is 12.3. The molecule has 1 aliphatic heterocycles. The molecule has 2 atom stereocenters. The van der Waals surface area contributed by atoms with Gasteiger partial charge in [0.2, 0.25) is 0 Å². The van der Waals surface area contributed by atoms with E-state index in [2.05, 4.69) is 15.6 Å². The highest BCUT2D eigenvalue weighted by Gasteiger charge is 2.38. The lowest BCUT2D eigenvalue weighted by Crippen LogP contribution is -2.51. The summed E-state index contributed by atoms with van der Waals surface area (Å²) >= 11 is 0. The molecule has 1 aromatic carbocycles. The van der Waals surface area contributed by atoms with Crippen molar-refractivity contribution in [3.63, 3.8) is 0 Å². The quantitative estimate of drug-likeness (QED) is 0.785. The van der Waals surface area contributed by atoms with Crippen molar-refractivity contribution >= 4 is 18.2 Å². The Morgan fingerprint density at radius 2 is 1.96 bits per heavy atom. The Bertz CT molecular complexity index is 698. The predicted molar refractivity (Wildman–Crippen MR) is 102 cm³/mol. The first kappa shape index (κ1) is 19.7. The summed E-state index contributed by atoms with van der Waals surface area (Å²) in [5.41, 5.74) is 0.746. The summed E-state index contributed by atoms with van der Waals surface area (Å²) in [7, 11) is 0. The van der Waals surface area contributed by atoms with E-state index in [1.54, 1.807) is 13.0 Å². The molecule has 1 aliphatic rings. The van der Waals surface area contributed by atoms with Crippen LogP contribution in [0.3, 0.4) is 0 Å². The molecule has 2 N–H and O–H groups in total. The lowest BCUT2D eigenvalue weighted by atomic mass is 9.86. The minimum Gasteiger partial charge on any atom is -0.445 e. The minimum atomic E-state index is -0.998. The van der Waals surface area contributed by atoms with Crippen LogP contribution in [0.25, 0.3) is 0 Å². The molecule has 0 fully saturated rings. The normalized spacial score (nSPS) is 20.1. The summed E-state index contributed by atoms with van der Waals surface area (Å²) in [6.07, 6.45) is 3.22. The van der Waals surface area contributed by atoms with E-state index < -0.39 is 17.7 Å². The lowest BCUT2D eigenvalue weighted by Gasteiger charge is -2.29. The third-order valence-electron chi connectivity index (χ3n) is 4.15. The number of benzene rings is 1. The number of aliphatic imine (C=N–C) groups is 1. The molecule has 0 saturated heterocycles. The second-order valence-corrected chi connectivity index (χ2v) is 7.13. The van der Waals surface area contributed by atoms with Crippen LogP contribution in [0.2, 0.25) is 0 Å². The molecule has 6 heteroatoms. The maximum absolute atomic E-state index is 13.1. The number of rotatable bonds is 7. The van der Waals surface area contributed by atoms with Crippen LogP contribution < -0.4 is 10.6 Å². The number of alkyl carbamates (subject to hydrolysis) is 1. The molecule has 0 radical (unpaired) electrons. The van der Waals surface area contributed by atoms with Gasteiger partial charge in [-0.15, -0.1) is 0 Å². The van der Waals surface area contributed by atoms with E-state index in [0.717, 1.165) is 11.3 Å². The highest BCUT2D eigenvalue weighted by Crippen LogP contribution is 2.22. The van der Waals surface area contributed by atoms with Crippen LogP contribution in [0.1, 0.15) is 39.7 Å². The number of allylic oxidation sites excluding steroid dienone is 1. The molecule has 1 unspecified atom stereocenters. The number of hydrogen-bond acceptors (Lipinski definition) is 5. The van der Waals surface area contributed by atoms with E-state index in [0.29, 0.717) is 6.42 Å². The maximum atomic E-state index is 13.1. The first-order valence-corrected chi connectivity index (χ1v) is 8.81. The Morgan fingerprint density at radius 3 is 2.58 bits per heavy atom. The van der Waals surface area contributed by atoms with Gasteiger partial charge in [-0.1, -0.05) is 44.2 Å². The number of carbonyl (C=O) groups excluding carboxylic acids is 2.